The molecule has 8 nitrogen and oxygen atoms in total. The lowest BCUT2D eigenvalue weighted by molar-refractivity contribution is -0.141. The average molecular weight is 506 g/mol. The Hall–Kier alpha value is -3.70. The van der Waals surface area contributed by atoms with Crippen LogP contribution in [0.25, 0.3) is 5.69 Å². The first-order valence-corrected chi connectivity index (χ1v) is 12.3. The van der Waals surface area contributed by atoms with Crippen molar-refractivity contribution in [1.82, 2.24) is 14.8 Å². The summed E-state index contributed by atoms with van der Waals surface area (Å²) in [4.78, 5) is 30.7. The third-order valence-corrected chi connectivity index (χ3v) is 6.79. The van der Waals surface area contributed by atoms with Crippen molar-refractivity contribution in [2.75, 3.05) is 24.6 Å². The van der Waals surface area contributed by atoms with E-state index in [0.29, 0.717) is 40.1 Å². The van der Waals surface area contributed by atoms with Gasteiger partial charge in [0, 0.05) is 37.7 Å². The monoisotopic (exact) mass is 505 g/mol. The Morgan fingerprint density at radius 2 is 1.92 bits per heavy atom. The molecule has 0 radical (unpaired) electrons. The molecule has 0 saturated carbocycles. The van der Waals surface area contributed by atoms with Crippen molar-refractivity contribution in [2.24, 2.45) is 5.92 Å². The standard InChI is InChI=1S/C27H28ClN5O3/c1-18-25(17-31-33(18)24-5-3-23(28)4-6-24)26(35)14-21-13-22(15-29)27(30-16-21)32-10-7-20(8-11-32)9-12-36-19(2)34/h3-6,13,16-17,20H,7-12,14H2,1-2H3. The molecule has 186 valence electrons. The fourth-order valence-corrected chi connectivity index (χ4v) is 4.67. The predicted octanol–water partition coefficient (Wildman–Crippen LogP) is 4.70. The number of Topliss-reactive ketones (excluding diaryl/α,β-unsaturated/α-hetero) is 1. The van der Waals surface area contributed by atoms with Gasteiger partial charge in [-0.25, -0.2) is 9.67 Å². The molecule has 0 spiro atoms. The molecule has 0 unspecified atom stereocenters. The number of nitrogens with zero attached hydrogens (tertiary/aromatic N) is 5. The number of carbonyl (C=O) groups is 2. The molecule has 4 rings (SSSR count). The van der Waals surface area contributed by atoms with Crippen LogP contribution in [-0.2, 0) is 16.0 Å². The number of esters is 1. The second-order valence-electron chi connectivity index (χ2n) is 9.02. The van der Waals surface area contributed by atoms with E-state index in [0.717, 1.165) is 43.7 Å². The highest BCUT2D eigenvalue weighted by Gasteiger charge is 2.23. The van der Waals surface area contributed by atoms with Crippen LogP contribution < -0.4 is 4.90 Å². The summed E-state index contributed by atoms with van der Waals surface area (Å²) in [5.41, 5.74) is 3.25. The van der Waals surface area contributed by atoms with Gasteiger partial charge < -0.3 is 9.64 Å². The summed E-state index contributed by atoms with van der Waals surface area (Å²) in [5.74, 6) is 0.804. The number of carbonyl (C=O) groups excluding carboxylic acids is 2. The Morgan fingerprint density at radius 3 is 2.58 bits per heavy atom. The summed E-state index contributed by atoms with van der Waals surface area (Å²) in [7, 11) is 0. The van der Waals surface area contributed by atoms with Crippen LogP contribution >= 0.6 is 11.6 Å². The first kappa shape index (κ1) is 25.4. The predicted molar refractivity (Wildman–Crippen MR) is 136 cm³/mol. The Bertz CT molecular complexity index is 1290. The van der Waals surface area contributed by atoms with Gasteiger partial charge >= 0.3 is 5.97 Å². The number of anilines is 1. The summed E-state index contributed by atoms with van der Waals surface area (Å²) in [6.07, 6.45) is 6.13. The molecule has 2 aromatic heterocycles. The summed E-state index contributed by atoms with van der Waals surface area (Å²) in [6.45, 7) is 5.29. The van der Waals surface area contributed by atoms with Crippen LogP contribution in [0.1, 0.15) is 53.4 Å². The molecule has 0 N–H and O–H groups in total. The summed E-state index contributed by atoms with van der Waals surface area (Å²) in [5, 5.41) is 14.8. The zero-order valence-electron chi connectivity index (χ0n) is 20.4. The molecule has 1 aromatic carbocycles. The maximum atomic E-state index is 13.1. The van der Waals surface area contributed by atoms with Gasteiger partial charge in [0.25, 0.3) is 0 Å². The number of pyridine rings is 1. The van der Waals surface area contributed by atoms with Gasteiger partial charge in [0.05, 0.1) is 35.3 Å². The van der Waals surface area contributed by atoms with E-state index in [2.05, 4.69) is 21.1 Å². The van der Waals surface area contributed by atoms with E-state index in [1.165, 1.54) is 6.92 Å². The Labute approximate surface area is 215 Å². The zero-order chi connectivity index (χ0) is 25.7. The van der Waals surface area contributed by atoms with Crippen LogP contribution in [0.2, 0.25) is 5.02 Å². The Kier molecular flexibility index (Phi) is 8.01. The number of rotatable bonds is 8. The molecular weight excluding hydrogens is 478 g/mol. The molecule has 36 heavy (non-hydrogen) atoms. The van der Waals surface area contributed by atoms with Crippen molar-refractivity contribution in [3.05, 3.63) is 70.1 Å². The Morgan fingerprint density at radius 1 is 1.19 bits per heavy atom. The van der Waals surface area contributed by atoms with Gasteiger partial charge in [-0.15, -0.1) is 0 Å². The molecular formula is C27H28ClN5O3. The number of hydrogen-bond acceptors (Lipinski definition) is 7. The molecule has 3 heterocycles. The van der Waals surface area contributed by atoms with Gasteiger partial charge in [0.15, 0.2) is 5.78 Å². The van der Waals surface area contributed by atoms with Crippen LogP contribution in [-0.4, -0.2) is 46.2 Å². The van der Waals surface area contributed by atoms with E-state index in [4.69, 9.17) is 16.3 Å². The molecule has 1 fully saturated rings. The molecule has 0 aliphatic carbocycles. The van der Waals surface area contributed by atoms with Gasteiger partial charge in [0.2, 0.25) is 0 Å². The van der Waals surface area contributed by atoms with Gasteiger partial charge in [-0.1, -0.05) is 11.6 Å². The molecule has 3 aromatic rings. The van der Waals surface area contributed by atoms with Gasteiger partial charge in [-0.3, -0.25) is 9.59 Å². The van der Waals surface area contributed by atoms with E-state index < -0.39 is 0 Å². The van der Waals surface area contributed by atoms with Crippen molar-refractivity contribution < 1.29 is 14.3 Å². The average Bonchev–Trinajstić information content (AvgIpc) is 3.26. The third kappa shape index (κ3) is 5.92. The smallest absolute Gasteiger partial charge is 0.302 e. The molecule has 0 amide bonds. The topological polar surface area (TPSA) is 101 Å². The van der Waals surface area contributed by atoms with Crippen molar-refractivity contribution >= 4 is 29.2 Å². The number of nitriles is 1. The number of halogens is 1. The molecule has 1 aliphatic heterocycles. The third-order valence-electron chi connectivity index (χ3n) is 6.54. The molecule has 9 heteroatoms. The lowest BCUT2D eigenvalue weighted by Crippen LogP contribution is -2.35. The second-order valence-corrected chi connectivity index (χ2v) is 9.45. The largest absolute Gasteiger partial charge is 0.466 e. The summed E-state index contributed by atoms with van der Waals surface area (Å²) >= 11 is 5.97. The van der Waals surface area contributed by atoms with Crippen LogP contribution in [0.5, 0.6) is 0 Å². The zero-order valence-corrected chi connectivity index (χ0v) is 21.2. The number of aromatic nitrogens is 3. The number of benzene rings is 1. The number of ether oxygens (including phenoxy) is 1. The quantitative estimate of drug-likeness (QED) is 0.323. The maximum absolute atomic E-state index is 13.1. The Balaban J connectivity index is 1.41. The van der Waals surface area contributed by atoms with Crippen molar-refractivity contribution in [3.8, 4) is 11.8 Å². The second kappa shape index (κ2) is 11.4. The van der Waals surface area contributed by atoms with Gasteiger partial charge in [-0.2, -0.15) is 10.4 Å². The van der Waals surface area contributed by atoms with Crippen molar-refractivity contribution in [1.29, 1.82) is 5.26 Å². The van der Waals surface area contributed by atoms with E-state index in [1.807, 2.05) is 19.1 Å². The van der Waals surface area contributed by atoms with Crippen molar-refractivity contribution in [2.45, 2.75) is 39.5 Å². The lowest BCUT2D eigenvalue weighted by Gasteiger charge is -2.33. The molecule has 1 saturated heterocycles. The van der Waals surface area contributed by atoms with Crippen LogP contribution in [0.15, 0.2) is 42.7 Å². The van der Waals surface area contributed by atoms with E-state index >= 15 is 0 Å². The van der Waals surface area contributed by atoms with Crippen LogP contribution in [0.3, 0.4) is 0 Å². The summed E-state index contributed by atoms with van der Waals surface area (Å²) in [6, 6.07) is 11.3. The molecule has 1 aliphatic rings. The minimum absolute atomic E-state index is 0.0836. The minimum atomic E-state index is -0.251. The molecule has 0 atom stereocenters. The summed E-state index contributed by atoms with van der Waals surface area (Å²) < 4.78 is 6.77. The first-order chi connectivity index (χ1) is 17.4. The molecule has 0 bridgehead atoms. The maximum Gasteiger partial charge on any atom is 0.302 e. The van der Waals surface area contributed by atoms with Gasteiger partial charge in [-0.05, 0) is 68.0 Å². The van der Waals surface area contributed by atoms with E-state index in [-0.39, 0.29) is 18.2 Å². The van der Waals surface area contributed by atoms with Crippen molar-refractivity contribution in [3.63, 3.8) is 0 Å². The van der Waals surface area contributed by atoms with Gasteiger partial charge in [0.1, 0.15) is 11.9 Å². The normalized spacial score (nSPS) is 13.9. The van der Waals surface area contributed by atoms with E-state index in [1.54, 1.807) is 35.3 Å². The fraction of sp³-hybridized carbons (Fsp3) is 0.370. The fourth-order valence-electron chi connectivity index (χ4n) is 4.54. The SMILES string of the molecule is CC(=O)OCCC1CCN(c2ncc(CC(=O)c3cnn(-c4ccc(Cl)cc4)c3C)cc2C#N)CC1. The number of piperidine rings is 1. The highest BCUT2D eigenvalue weighted by molar-refractivity contribution is 6.30. The number of ketones is 1. The van der Waals surface area contributed by atoms with Crippen LogP contribution in [0.4, 0.5) is 5.82 Å². The lowest BCUT2D eigenvalue weighted by atomic mass is 9.93. The highest BCUT2D eigenvalue weighted by atomic mass is 35.5. The first-order valence-electron chi connectivity index (χ1n) is 12.0. The minimum Gasteiger partial charge on any atom is -0.466 e. The highest BCUT2D eigenvalue weighted by Crippen LogP contribution is 2.27. The van der Waals surface area contributed by atoms with Crippen LogP contribution in [0, 0.1) is 24.2 Å². The number of hydrogen-bond donors (Lipinski definition) is 0. The van der Waals surface area contributed by atoms with E-state index in [9.17, 15) is 14.9 Å².